The number of para-hydroxylation sites is 1. The molecule has 2 amide bonds. The summed E-state index contributed by atoms with van der Waals surface area (Å²) in [6.07, 6.45) is 0. The van der Waals surface area contributed by atoms with Crippen LogP contribution in [-0.4, -0.2) is 126 Å². The van der Waals surface area contributed by atoms with Gasteiger partial charge in [-0.1, -0.05) is 23.7 Å². The molecule has 46 heavy (non-hydrogen) atoms. The van der Waals surface area contributed by atoms with E-state index in [-0.39, 0.29) is 29.6 Å². The number of phenols is 1. The number of aromatic nitrogens is 4. The Bertz CT molecular complexity index is 1510. The van der Waals surface area contributed by atoms with Crippen molar-refractivity contribution in [3.63, 3.8) is 0 Å². The van der Waals surface area contributed by atoms with Gasteiger partial charge in [-0.05, 0) is 32.0 Å². The van der Waals surface area contributed by atoms with Crippen molar-refractivity contribution in [3.05, 3.63) is 41.6 Å². The summed E-state index contributed by atoms with van der Waals surface area (Å²) in [6, 6.07) is 11.0. The van der Waals surface area contributed by atoms with E-state index in [2.05, 4.69) is 64.5 Å². The Balaban J connectivity index is 0.000000216. The van der Waals surface area contributed by atoms with E-state index in [0.29, 0.717) is 41.1 Å². The molecule has 2 atom stereocenters. The lowest BCUT2D eigenvalue weighted by molar-refractivity contribution is -0.123. The quantitative estimate of drug-likeness (QED) is 0.239. The van der Waals surface area contributed by atoms with Gasteiger partial charge in [0.2, 0.25) is 11.8 Å². The number of benzene rings is 1. The summed E-state index contributed by atoms with van der Waals surface area (Å²) in [4.78, 5) is 31.7. The summed E-state index contributed by atoms with van der Waals surface area (Å²) in [7, 11) is 3.29. The molecule has 3 aromatic rings. The molecule has 0 aliphatic carbocycles. The Morgan fingerprint density at radius 1 is 0.826 bits per heavy atom. The van der Waals surface area contributed by atoms with Crippen LogP contribution in [0, 0.1) is 0 Å². The molecule has 2 aromatic heterocycles. The number of halogens is 1. The lowest BCUT2D eigenvalue weighted by atomic mass is 10.1. The number of carbonyl (C=O) groups excluding carboxylic acids is 2. The molecule has 5 rings (SSSR count). The second kappa shape index (κ2) is 15.7. The number of phenolic OH excluding ortho intramolecular Hbond substituents is 1. The topological polar surface area (TPSA) is 195 Å². The fourth-order valence-electron chi connectivity index (χ4n) is 5.51. The summed E-state index contributed by atoms with van der Waals surface area (Å²) in [6.45, 7) is 9.51. The van der Waals surface area contributed by atoms with E-state index in [1.807, 2.05) is 12.1 Å². The predicted molar refractivity (Wildman–Crippen MR) is 180 cm³/mol. The molecule has 2 aliphatic rings. The smallest absolute Gasteiger partial charge is 0.233 e. The number of nitrogens with zero attached hydrogens (tertiary/aromatic N) is 8. The van der Waals surface area contributed by atoms with Crippen LogP contribution in [0.4, 0.5) is 23.0 Å². The van der Waals surface area contributed by atoms with E-state index < -0.39 is 0 Å². The Labute approximate surface area is 273 Å². The Morgan fingerprint density at radius 2 is 1.33 bits per heavy atom. The molecule has 0 bridgehead atoms. The minimum Gasteiger partial charge on any atom is -0.507 e. The number of amides is 2. The van der Waals surface area contributed by atoms with Crippen LogP contribution in [0.2, 0.25) is 5.15 Å². The monoisotopic (exact) mass is 654 g/mol. The van der Waals surface area contributed by atoms with Gasteiger partial charge in [-0.3, -0.25) is 19.4 Å². The van der Waals surface area contributed by atoms with E-state index >= 15 is 0 Å². The maximum atomic E-state index is 11.6. The maximum Gasteiger partial charge on any atom is 0.233 e. The molecule has 0 saturated carbocycles. The first-order valence-corrected chi connectivity index (χ1v) is 15.5. The molecular weight excluding hydrogens is 612 g/mol. The average Bonchev–Trinajstić information content (AvgIpc) is 3.05. The normalized spacial score (nSPS) is 18.8. The van der Waals surface area contributed by atoms with Crippen LogP contribution in [0.25, 0.3) is 11.3 Å². The number of anilines is 4. The van der Waals surface area contributed by atoms with Crippen molar-refractivity contribution in [1.29, 1.82) is 0 Å². The van der Waals surface area contributed by atoms with Gasteiger partial charge in [-0.25, -0.2) is 0 Å². The van der Waals surface area contributed by atoms with Crippen LogP contribution < -0.4 is 31.9 Å². The molecule has 248 valence electrons. The molecule has 4 heterocycles. The molecule has 0 unspecified atom stereocenters. The van der Waals surface area contributed by atoms with Crippen LogP contribution in [-0.2, 0) is 9.59 Å². The first kappa shape index (κ1) is 34.4. The SMILES string of the molecule is CNC(=O)CN1CCN(c2cc(-c3ccccc3O)nnc2N)C[C@H]1C.CNC(=O)CN1CCN(c2cc(Cl)nnc2N)C[C@H]1C. The lowest BCUT2D eigenvalue weighted by Crippen LogP contribution is -2.54. The van der Waals surface area contributed by atoms with Crippen molar-refractivity contribution in [2.24, 2.45) is 0 Å². The summed E-state index contributed by atoms with van der Waals surface area (Å²) in [5.41, 5.74) is 14.7. The first-order valence-electron chi connectivity index (χ1n) is 15.1. The standard InChI is InChI=1S/C18H24N6O2.C12H19ClN6O/c1-12-10-24(8-7-23(12)11-17(26)20-2)15-9-14(21-22-18(15)19)13-5-3-4-6-16(13)25;1-8-6-19(4-3-18(8)7-11(20)15-2)9-5-10(13)16-17-12(9)14/h3-6,9,12,25H,7-8,10-11H2,1-2H3,(H2,19,22)(H,20,26);5,8H,3-4,6-7H2,1-2H3,(H2,14,17)(H,15,20)/t12-;8-/m11/s1. The number of nitrogens with one attached hydrogen (secondary N) is 2. The van der Waals surface area contributed by atoms with E-state index in [0.717, 1.165) is 50.6 Å². The van der Waals surface area contributed by atoms with Gasteiger partial charge < -0.3 is 37.0 Å². The van der Waals surface area contributed by atoms with Gasteiger partial charge in [-0.15, -0.1) is 20.4 Å². The van der Waals surface area contributed by atoms with Crippen molar-refractivity contribution in [3.8, 4) is 17.0 Å². The summed E-state index contributed by atoms with van der Waals surface area (Å²) in [5, 5.41) is 31.4. The Morgan fingerprint density at radius 3 is 1.83 bits per heavy atom. The summed E-state index contributed by atoms with van der Waals surface area (Å²) < 4.78 is 0. The third-order valence-electron chi connectivity index (χ3n) is 8.22. The molecule has 0 radical (unpaired) electrons. The van der Waals surface area contributed by atoms with Crippen molar-refractivity contribution in [1.82, 2.24) is 40.8 Å². The number of likely N-dealkylation sites (N-methyl/N-ethyl adjacent to an activating group) is 2. The van der Waals surface area contributed by atoms with Crippen molar-refractivity contribution >= 4 is 46.4 Å². The third-order valence-corrected chi connectivity index (χ3v) is 8.40. The highest BCUT2D eigenvalue weighted by Gasteiger charge is 2.28. The van der Waals surface area contributed by atoms with Gasteiger partial charge >= 0.3 is 0 Å². The van der Waals surface area contributed by atoms with E-state index in [1.54, 1.807) is 38.4 Å². The van der Waals surface area contributed by atoms with E-state index in [4.69, 9.17) is 23.1 Å². The van der Waals surface area contributed by atoms with Crippen LogP contribution in [0.1, 0.15) is 13.8 Å². The fourth-order valence-corrected chi connectivity index (χ4v) is 5.65. The van der Waals surface area contributed by atoms with Crippen LogP contribution in [0.3, 0.4) is 0 Å². The number of nitrogens with two attached hydrogens (primary N) is 2. The van der Waals surface area contributed by atoms with Crippen molar-refractivity contribution in [2.75, 3.05) is 87.7 Å². The molecular formula is C30H43ClN12O3. The zero-order valence-electron chi connectivity index (χ0n) is 26.6. The van der Waals surface area contributed by atoms with Crippen LogP contribution >= 0.6 is 11.6 Å². The molecule has 2 fully saturated rings. The molecule has 0 spiro atoms. The van der Waals surface area contributed by atoms with Crippen molar-refractivity contribution in [2.45, 2.75) is 25.9 Å². The average molecular weight is 655 g/mol. The zero-order valence-corrected chi connectivity index (χ0v) is 27.4. The molecule has 16 heteroatoms. The fraction of sp³-hybridized carbons (Fsp3) is 0.467. The second-order valence-corrected chi connectivity index (χ2v) is 11.7. The summed E-state index contributed by atoms with van der Waals surface area (Å²) in [5.74, 6) is 0.925. The molecule has 7 N–H and O–H groups in total. The Kier molecular flexibility index (Phi) is 11.7. The van der Waals surface area contributed by atoms with Gasteiger partial charge in [0.25, 0.3) is 0 Å². The number of carbonyl (C=O) groups is 2. The minimum absolute atomic E-state index is 0.0113. The third kappa shape index (κ3) is 8.62. The minimum atomic E-state index is 0.0113. The number of aromatic hydroxyl groups is 1. The number of rotatable bonds is 7. The number of piperazine rings is 2. The highest BCUT2D eigenvalue weighted by atomic mass is 35.5. The number of hydrogen-bond donors (Lipinski definition) is 5. The van der Waals surface area contributed by atoms with Gasteiger partial charge in [0.05, 0.1) is 30.2 Å². The van der Waals surface area contributed by atoms with Crippen LogP contribution in [0.5, 0.6) is 5.75 Å². The number of hydrogen-bond acceptors (Lipinski definition) is 13. The van der Waals surface area contributed by atoms with Gasteiger partial charge in [0.1, 0.15) is 5.75 Å². The van der Waals surface area contributed by atoms with E-state index in [1.165, 1.54) is 0 Å². The predicted octanol–water partition coefficient (Wildman–Crippen LogP) is 0.657. The lowest BCUT2D eigenvalue weighted by Gasteiger charge is -2.40. The zero-order chi connectivity index (χ0) is 33.4. The molecule has 2 aliphatic heterocycles. The highest BCUT2D eigenvalue weighted by molar-refractivity contribution is 6.29. The van der Waals surface area contributed by atoms with Gasteiger partial charge in [0.15, 0.2) is 16.8 Å². The second-order valence-electron chi connectivity index (χ2n) is 11.3. The number of nitrogen functional groups attached to an aromatic ring is 2. The van der Waals surface area contributed by atoms with E-state index in [9.17, 15) is 14.7 Å². The Hall–Kier alpha value is -4.47. The van der Waals surface area contributed by atoms with Gasteiger partial charge in [0, 0.05) is 77.1 Å². The maximum absolute atomic E-state index is 11.6. The van der Waals surface area contributed by atoms with Gasteiger partial charge in [-0.2, -0.15) is 0 Å². The largest absolute Gasteiger partial charge is 0.507 e. The molecule has 1 aromatic carbocycles. The highest BCUT2D eigenvalue weighted by Crippen LogP contribution is 2.32. The molecule has 15 nitrogen and oxygen atoms in total. The molecule has 2 saturated heterocycles. The first-order chi connectivity index (χ1) is 22.0. The van der Waals surface area contributed by atoms with Crippen LogP contribution in [0.15, 0.2) is 36.4 Å². The van der Waals surface area contributed by atoms with Crippen molar-refractivity contribution < 1.29 is 14.7 Å². The summed E-state index contributed by atoms with van der Waals surface area (Å²) >= 11 is 5.87.